The zero-order valence-corrected chi connectivity index (χ0v) is 14.0. The maximum absolute atomic E-state index is 2.44. The van der Waals surface area contributed by atoms with Crippen molar-refractivity contribution in [1.82, 2.24) is 4.90 Å². The van der Waals surface area contributed by atoms with Crippen LogP contribution < -0.4 is 12.4 Å². The Morgan fingerprint density at radius 2 is 1.42 bits per heavy atom. The standard InChI is InChI=1S/C16H33N2.ClH/c1-4-6-8-10-13-18(14-11-9-7-5-2)15-12-17(3)16-18;/h12,15H,4-11,13-14,16H2,1-3H3;1H/q+1;/p-1. The summed E-state index contributed by atoms with van der Waals surface area (Å²) >= 11 is 0. The van der Waals surface area contributed by atoms with Crippen molar-refractivity contribution in [2.45, 2.75) is 65.2 Å². The molecule has 0 saturated carbocycles. The summed E-state index contributed by atoms with van der Waals surface area (Å²) in [4.78, 5) is 2.35. The second-order valence-electron chi connectivity index (χ2n) is 5.98. The molecule has 0 saturated heterocycles. The van der Waals surface area contributed by atoms with Gasteiger partial charge in [0.2, 0.25) is 0 Å². The van der Waals surface area contributed by atoms with E-state index in [1.165, 1.54) is 75.6 Å². The van der Waals surface area contributed by atoms with Crippen LogP contribution in [0.3, 0.4) is 0 Å². The summed E-state index contributed by atoms with van der Waals surface area (Å²) in [5.74, 6) is 0. The van der Waals surface area contributed by atoms with Crippen molar-refractivity contribution in [2.24, 2.45) is 0 Å². The van der Waals surface area contributed by atoms with E-state index in [0.717, 1.165) is 0 Å². The molecular formula is C16H33ClN2. The van der Waals surface area contributed by atoms with Crippen LogP contribution in [-0.4, -0.2) is 36.2 Å². The van der Waals surface area contributed by atoms with Crippen molar-refractivity contribution in [1.29, 1.82) is 0 Å². The van der Waals surface area contributed by atoms with Gasteiger partial charge in [-0.15, -0.1) is 0 Å². The van der Waals surface area contributed by atoms with E-state index in [-0.39, 0.29) is 12.4 Å². The maximum atomic E-state index is 2.44. The van der Waals surface area contributed by atoms with Crippen LogP contribution in [0.4, 0.5) is 0 Å². The van der Waals surface area contributed by atoms with Gasteiger partial charge in [0.25, 0.3) is 0 Å². The van der Waals surface area contributed by atoms with Gasteiger partial charge in [0.1, 0.15) is 6.20 Å². The lowest BCUT2D eigenvalue weighted by molar-refractivity contribution is -0.881. The van der Waals surface area contributed by atoms with E-state index >= 15 is 0 Å². The predicted octanol–water partition coefficient (Wildman–Crippen LogP) is 1.34. The van der Waals surface area contributed by atoms with Gasteiger partial charge in [0.05, 0.1) is 19.3 Å². The van der Waals surface area contributed by atoms with Crippen molar-refractivity contribution in [3.05, 3.63) is 12.4 Å². The molecule has 114 valence electrons. The summed E-state index contributed by atoms with van der Waals surface area (Å²) in [5, 5.41) is 0. The first-order chi connectivity index (χ1) is 8.72. The lowest BCUT2D eigenvalue weighted by atomic mass is 10.1. The minimum atomic E-state index is 0. The number of hydrogen-bond acceptors (Lipinski definition) is 1. The molecule has 1 rings (SSSR count). The van der Waals surface area contributed by atoms with Crippen LogP contribution in [-0.2, 0) is 0 Å². The van der Waals surface area contributed by atoms with Gasteiger partial charge < -0.3 is 17.3 Å². The monoisotopic (exact) mass is 288 g/mol. The topological polar surface area (TPSA) is 3.24 Å². The van der Waals surface area contributed by atoms with Crippen LogP contribution in [0.1, 0.15) is 65.2 Å². The molecule has 1 heterocycles. The van der Waals surface area contributed by atoms with Gasteiger partial charge in [-0.1, -0.05) is 39.5 Å². The summed E-state index contributed by atoms with van der Waals surface area (Å²) in [7, 11) is 2.20. The van der Waals surface area contributed by atoms with Gasteiger partial charge in [0, 0.05) is 7.05 Å². The molecule has 0 aromatic rings. The smallest absolute Gasteiger partial charge is 0.158 e. The van der Waals surface area contributed by atoms with E-state index in [1.54, 1.807) is 0 Å². The van der Waals surface area contributed by atoms with Crippen LogP contribution >= 0.6 is 0 Å². The maximum Gasteiger partial charge on any atom is 0.158 e. The van der Waals surface area contributed by atoms with Crippen LogP contribution in [0.5, 0.6) is 0 Å². The Labute approximate surface area is 126 Å². The fourth-order valence-corrected chi connectivity index (χ4v) is 2.90. The molecule has 0 N–H and O–H groups in total. The Morgan fingerprint density at radius 3 is 1.79 bits per heavy atom. The third-order valence-corrected chi connectivity index (χ3v) is 4.06. The number of hydrogen-bond donors (Lipinski definition) is 0. The summed E-state index contributed by atoms with van der Waals surface area (Å²) in [5.41, 5.74) is 0. The fourth-order valence-electron chi connectivity index (χ4n) is 2.90. The van der Waals surface area contributed by atoms with Crippen molar-refractivity contribution < 1.29 is 16.9 Å². The minimum absolute atomic E-state index is 0. The van der Waals surface area contributed by atoms with E-state index in [1.807, 2.05) is 0 Å². The molecule has 0 fully saturated rings. The van der Waals surface area contributed by atoms with Crippen molar-refractivity contribution in [3.63, 3.8) is 0 Å². The first-order valence-corrected chi connectivity index (χ1v) is 7.98. The molecule has 1 aliphatic rings. The van der Waals surface area contributed by atoms with E-state index in [2.05, 4.69) is 38.2 Å². The second kappa shape index (κ2) is 10.6. The highest BCUT2D eigenvalue weighted by Gasteiger charge is 2.29. The minimum Gasteiger partial charge on any atom is -1.00 e. The summed E-state index contributed by atoms with van der Waals surface area (Å²) < 4.78 is 1.21. The quantitative estimate of drug-likeness (QED) is 0.433. The lowest BCUT2D eigenvalue weighted by Crippen LogP contribution is -3.00. The normalized spacial score (nSPS) is 16.7. The van der Waals surface area contributed by atoms with Crippen LogP contribution in [0.15, 0.2) is 12.4 Å². The second-order valence-corrected chi connectivity index (χ2v) is 5.98. The molecule has 0 aromatic heterocycles. The SMILES string of the molecule is CCCCCC[N+]1(CCCCCC)C=CN(C)C1.[Cl-]. The molecule has 0 aromatic carbocycles. The number of nitrogens with zero attached hydrogens (tertiary/aromatic N) is 2. The molecule has 0 amide bonds. The van der Waals surface area contributed by atoms with Crippen molar-refractivity contribution in [2.75, 3.05) is 26.8 Å². The molecule has 3 heteroatoms. The number of rotatable bonds is 10. The predicted molar refractivity (Wildman–Crippen MR) is 80.0 cm³/mol. The van der Waals surface area contributed by atoms with Crippen LogP contribution in [0, 0.1) is 0 Å². The average Bonchev–Trinajstić information content (AvgIpc) is 2.73. The van der Waals surface area contributed by atoms with E-state index in [4.69, 9.17) is 0 Å². The molecule has 19 heavy (non-hydrogen) atoms. The van der Waals surface area contributed by atoms with Gasteiger partial charge >= 0.3 is 0 Å². The molecular weight excluding hydrogens is 256 g/mol. The zero-order valence-electron chi connectivity index (χ0n) is 13.2. The third-order valence-electron chi connectivity index (χ3n) is 4.06. The van der Waals surface area contributed by atoms with Crippen LogP contribution in [0.2, 0.25) is 0 Å². The van der Waals surface area contributed by atoms with E-state index in [0.29, 0.717) is 0 Å². The van der Waals surface area contributed by atoms with Crippen molar-refractivity contribution >= 4 is 0 Å². The van der Waals surface area contributed by atoms with Gasteiger partial charge in [0.15, 0.2) is 6.67 Å². The Hall–Kier alpha value is -0.210. The van der Waals surface area contributed by atoms with Crippen LogP contribution in [0.25, 0.3) is 0 Å². The largest absolute Gasteiger partial charge is 1.00 e. The summed E-state index contributed by atoms with van der Waals surface area (Å²) in [6, 6.07) is 0. The van der Waals surface area contributed by atoms with Gasteiger partial charge in [-0.05, 0) is 25.7 Å². The molecule has 0 aliphatic carbocycles. The number of halogens is 1. The molecule has 0 atom stereocenters. The molecule has 2 nitrogen and oxygen atoms in total. The Bertz CT molecular complexity index is 229. The van der Waals surface area contributed by atoms with E-state index in [9.17, 15) is 0 Å². The van der Waals surface area contributed by atoms with E-state index < -0.39 is 0 Å². The Balaban J connectivity index is 0.00000324. The van der Waals surface area contributed by atoms with Crippen molar-refractivity contribution in [3.8, 4) is 0 Å². The average molecular weight is 289 g/mol. The number of unbranched alkanes of at least 4 members (excludes halogenated alkanes) is 6. The summed E-state index contributed by atoms with van der Waals surface area (Å²) in [6.45, 7) is 8.45. The molecule has 0 radical (unpaired) electrons. The molecule has 1 aliphatic heterocycles. The third kappa shape index (κ3) is 7.22. The number of quaternary nitrogens is 1. The zero-order chi connectivity index (χ0) is 13.3. The highest BCUT2D eigenvalue weighted by atomic mass is 35.5. The lowest BCUT2D eigenvalue weighted by Gasteiger charge is -2.32. The molecule has 0 bridgehead atoms. The van der Waals surface area contributed by atoms with Gasteiger partial charge in [-0.25, -0.2) is 0 Å². The Morgan fingerprint density at radius 1 is 0.895 bits per heavy atom. The van der Waals surface area contributed by atoms with Gasteiger partial charge in [-0.3, -0.25) is 4.48 Å². The Kier molecular flexibility index (Phi) is 10.4. The first kappa shape index (κ1) is 18.8. The highest BCUT2D eigenvalue weighted by Crippen LogP contribution is 2.20. The first-order valence-electron chi connectivity index (χ1n) is 7.98. The highest BCUT2D eigenvalue weighted by molar-refractivity contribution is 4.79. The molecule has 0 unspecified atom stereocenters. The molecule has 0 spiro atoms. The fraction of sp³-hybridized carbons (Fsp3) is 0.875. The summed E-state index contributed by atoms with van der Waals surface area (Å²) in [6.07, 6.45) is 15.8. The van der Waals surface area contributed by atoms with Gasteiger partial charge in [-0.2, -0.15) is 0 Å².